The van der Waals surface area contributed by atoms with Crippen LogP contribution < -0.4 is 4.74 Å². The van der Waals surface area contributed by atoms with Crippen molar-refractivity contribution in [1.82, 2.24) is 0 Å². The molecule has 3 nitrogen and oxygen atoms in total. The van der Waals surface area contributed by atoms with Crippen molar-refractivity contribution in [1.29, 1.82) is 0 Å². The number of methoxy groups -OCH3 is 1. The first kappa shape index (κ1) is 22.0. The Kier molecular flexibility index (Phi) is 8.08. The Hall–Kier alpha value is -2.31. The number of ether oxygens (including phenoxy) is 2. The third-order valence-electron chi connectivity index (χ3n) is 4.11. The van der Waals surface area contributed by atoms with Crippen LogP contribution in [0.1, 0.15) is 34.8 Å². The van der Waals surface area contributed by atoms with Crippen molar-refractivity contribution < 1.29 is 27.4 Å². The zero-order valence-corrected chi connectivity index (χ0v) is 16.3. The molecule has 0 spiro atoms. The van der Waals surface area contributed by atoms with Gasteiger partial charge in [0.25, 0.3) is 0 Å². The van der Waals surface area contributed by atoms with Gasteiger partial charge in [0.1, 0.15) is 6.61 Å². The lowest BCUT2D eigenvalue weighted by atomic mass is 10.0. The molecule has 0 aliphatic carbocycles. The second-order valence-electron chi connectivity index (χ2n) is 6.14. The van der Waals surface area contributed by atoms with Crippen molar-refractivity contribution in [3.8, 4) is 5.75 Å². The molecule has 0 fully saturated rings. The van der Waals surface area contributed by atoms with Crippen molar-refractivity contribution in [2.24, 2.45) is 0 Å². The first-order valence-corrected chi connectivity index (χ1v) is 8.96. The summed E-state index contributed by atoms with van der Waals surface area (Å²) in [6.07, 6.45) is 0.575. The molecule has 0 unspecified atom stereocenters. The van der Waals surface area contributed by atoms with E-state index in [2.05, 4.69) is 0 Å². The number of carbonyl (C=O) groups is 1. The molecular weight excluding hydrogens is 393 g/mol. The molecule has 0 N–H and O–H groups in total. The number of benzene rings is 2. The molecule has 0 aromatic heterocycles. The van der Waals surface area contributed by atoms with Crippen molar-refractivity contribution in [3.05, 3.63) is 75.6 Å². The average molecular weight is 413 g/mol. The standard InChI is InChI=1S/C21H20ClF3O3/c1-3-13(10-23)12-28-21-18(24)7-16(8-19(21)25)20(26)9-15-5-4-14(11-27-2)6-17(15)22/h4-8,10H,3,9,11-12H2,1-2H3. The number of carbonyl (C=O) groups excluding carboxylic acids is 1. The fraction of sp³-hybridized carbons (Fsp3) is 0.286. The van der Waals surface area contributed by atoms with Crippen LogP contribution in [0.5, 0.6) is 5.75 Å². The van der Waals surface area contributed by atoms with Gasteiger partial charge in [-0.25, -0.2) is 13.2 Å². The summed E-state index contributed by atoms with van der Waals surface area (Å²) >= 11 is 6.17. The van der Waals surface area contributed by atoms with E-state index < -0.39 is 23.2 Å². The maximum absolute atomic E-state index is 14.2. The van der Waals surface area contributed by atoms with Crippen LogP contribution in [-0.4, -0.2) is 19.5 Å². The summed E-state index contributed by atoms with van der Waals surface area (Å²) in [6.45, 7) is 1.79. The number of hydrogen-bond acceptors (Lipinski definition) is 3. The first-order chi connectivity index (χ1) is 13.4. The molecule has 0 aliphatic heterocycles. The SMILES string of the molecule is CCC(=CF)COc1c(F)cc(C(=O)Cc2ccc(COC)cc2Cl)cc1F. The number of Topliss-reactive ketones (excluding diaryl/α,β-unsaturated/α-hetero) is 1. The molecule has 0 amide bonds. The van der Waals surface area contributed by atoms with Crippen molar-refractivity contribution in [2.45, 2.75) is 26.4 Å². The van der Waals surface area contributed by atoms with Crippen LogP contribution in [0.4, 0.5) is 13.2 Å². The van der Waals surface area contributed by atoms with Crippen LogP contribution in [0.3, 0.4) is 0 Å². The summed E-state index contributed by atoms with van der Waals surface area (Å²) < 4.78 is 51.0. The van der Waals surface area contributed by atoms with E-state index >= 15 is 0 Å². The zero-order chi connectivity index (χ0) is 20.7. The summed E-state index contributed by atoms with van der Waals surface area (Å²) in [4.78, 5) is 12.4. The molecule has 0 saturated carbocycles. The molecule has 0 atom stereocenters. The number of halogens is 4. The molecule has 0 saturated heterocycles. The quantitative estimate of drug-likeness (QED) is 0.486. The van der Waals surface area contributed by atoms with E-state index in [1.165, 1.54) is 0 Å². The smallest absolute Gasteiger partial charge is 0.191 e. The Bertz CT molecular complexity index is 858. The van der Waals surface area contributed by atoms with Crippen LogP contribution >= 0.6 is 11.6 Å². The van der Waals surface area contributed by atoms with Gasteiger partial charge in [-0.15, -0.1) is 0 Å². The Balaban J connectivity index is 2.16. The van der Waals surface area contributed by atoms with E-state index in [1.54, 1.807) is 32.2 Å². The van der Waals surface area contributed by atoms with E-state index in [0.717, 1.165) is 17.7 Å². The summed E-state index contributed by atoms with van der Waals surface area (Å²) in [5, 5.41) is 0.369. The maximum Gasteiger partial charge on any atom is 0.191 e. The molecule has 2 rings (SSSR count). The molecule has 2 aromatic carbocycles. The normalized spacial score (nSPS) is 11.6. The van der Waals surface area contributed by atoms with E-state index in [4.69, 9.17) is 21.1 Å². The van der Waals surface area contributed by atoms with Gasteiger partial charge in [-0.2, -0.15) is 0 Å². The third-order valence-corrected chi connectivity index (χ3v) is 4.46. The van der Waals surface area contributed by atoms with Crippen molar-refractivity contribution >= 4 is 17.4 Å². The van der Waals surface area contributed by atoms with Gasteiger partial charge in [-0.1, -0.05) is 30.7 Å². The highest BCUT2D eigenvalue weighted by molar-refractivity contribution is 6.31. The topological polar surface area (TPSA) is 35.5 Å². The van der Waals surface area contributed by atoms with Gasteiger partial charge in [0.05, 0.1) is 12.9 Å². The fourth-order valence-electron chi connectivity index (χ4n) is 2.50. The minimum atomic E-state index is -1.03. The van der Waals surface area contributed by atoms with Gasteiger partial charge < -0.3 is 9.47 Å². The lowest BCUT2D eigenvalue weighted by Gasteiger charge is -2.11. The highest BCUT2D eigenvalue weighted by atomic mass is 35.5. The maximum atomic E-state index is 14.2. The fourth-order valence-corrected chi connectivity index (χ4v) is 2.77. The van der Waals surface area contributed by atoms with Gasteiger partial charge in [-0.05, 0) is 41.3 Å². The van der Waals surface area contributed by atoms with E-state index in [-0.39, 0.29) is 24.2 Å². The summed E-state index contributed by atoms with van der Waals surface area (Å²) in [5.41, 5.74) is 1.49. The Morgan fingerprint density at radius 2 is 1.86 bits per heavy atom. The van der Waals surface area contributed by atoms with E-state index in [1.807, 2.05) is 0 Å². The number of rotatable bonds is 9. The van der Waals surface area contributed by atoms with Gasteiger partial charge >= 0.3 is 0 Å². The molecule has 0 aliphatic rings. The molecule has 0 radical (unpaired) electrons. The molecule has 28 heavy (non-hydrogen) atoms. The summed E-state index contributed by atoms with van der Waals surface area (Å²) in [5.74, 6) is -3.20. The van der Waals surface area contributed by atoms with Crippen LogP contribution in [0.2, 0.25) is 5.02 Å². The van der Waals surface area contributed by atoms with E-state index in [9.17, 15) is 18.0 Å². The number of hydrogen-bond donors (Lipinski definition) is 0. The highest BCUT2D eigenvalue weighted by Crippen LogP contribution is 2.26. The third kappa shape index (κ3) is 5.59. The largest absolute Gasteiger partial charge is 0.483 e. The van der Waals surface area contributed by atoms with Gasteiger partial charge in [0, 0.05) is 24.1 Å². The van der Waals surface area contributed by atoms with Gasteiger partial charge in [0.2, 0.25) is 0 Å². The van der Waals surface area contributed by atoms with Crippen molar-refractivity contribution in [2.75, 3.05) is 13.7 Å². The molecule has 7 heteroatoms. The molecule has 0 bridgehead atoms. The number of ketones is 1. The van der Waals surface area contributed by atoms with Crippen LogP contribution in [-0.2, 0) is 17.8 Å². The molecule has 2 aromatic rings. The Labute approximate surface area is 166 Å². The zero-order valence-electron chi connectivity index (χ0n) is 15.5. The summed E-state index contributed by atoms with van der Waals surface area (Å²) in [7, 11) is 1.55. The lowest BCUT2D eigenvalue weighted by Crippen LogP contribution is -2.08. The van der Waals surface area contributed by atoms with E-state index in [0.29, 0.717) is 29.9 Å². The minimum Gasteiger partial charge on any atom is -0.483 e. The first-order valence-electron chi connectivity index (χ1n) is 8.59. The lowest BCUT2D eigenvalue weighted by molar-refractivity contribution is 0.0992. The average Bonchev–Trinajstić information content (AvgIpc) is 2.66. The molecule has 0 heterocycles. The highest BCUT2D eigenvalue weighted by Gasteiger charge is 2.18. The van der Waals surface area contributed by atoms with Crippen LogP contribution in [0, 0.1) is 11.6 Å². The second-order valence-corrected chi connectivity index (χ2v) is 6.54. The monoisotopic (exact) mass is 412 g/mol. The van der Waals surface area contributed by atoms with Gasteiger partial charge in [-0.3, -0.25) is 4.79 Å². The summed E-state index contributed by atoms with van der Waals surface area (Å²) in [6, 6.07) is 6.92. The second kappa shape index (κ2) is 10.3. The predicted octanol–water partition coefficient (Wildman–Crippen LogP) is 5.83. The Morgan fingerprint density at radius 3 is 2.39 bits per heavy atom. The van der Waals surface area contributed by atoms with Crippen molar-refractivity contribution in [3.63, 3.8) is 0 Å². The molecular formula is C21H20ClF3O3. The Morgan fingerprint density at radius 1 is 1.18 bits per heavy atom. The minimum absolute atomic E-state index is 0.115. The van der Waals surface area contributed by atoms with Crippen LogP contribution in [0.15, 0.2) is 42.2 Å². The predicted molar refractivity (Wildman–Crippen MR) is 102 cm³/mol. The van der Waals surface area contributed by atoms with Crippen LogP contribution in [0.25, 0.3) is 0 Å². The van der Waals surface area contributed by atoms with Gasteiger partial charge in [0.15, 0.2) is 23.2 Å². The molecule has 150 valence electrons.